The van der Waals surface area contributed by atoms with Gasteiger partial charge in [0.25, 0.3) is 5.91 Å². The third kappa shape index (κ3) is 7.20. The number of nitrogens with zero attached hydrogens (tertiary/aromatic N) is 3. The summed E-state index contributed by atoms with van der Waals surface area (Å²) in [5.74, 6) is 2.42. The molecule has 8 nitrogen and oxygen atoms in total. The standard InChI is InChI=1S/C38H39N5O3S/c1-6-45-33-15-11-10-14-32(33)40-36(44)34-27(5)39-37-41-38(47-23-28-12-8-7-9-13-28)42-43(37)35(34)29-16-18-31(19-17-29)46-22-30-21-25(3)24(2)20-26(30)4/h7-21,35H,6,22-23H2,1-5H3,(H,40,44)(H,39,41,42). The summed E-state index contributed by atoms with van der Waals surface area (Å²) in [7, 11) is 0. The third-order valence-electron chi connectivity index (χ3n) is 8.27. The Bertz CT molecular complexity index is 1920. The Labute approximate surface area is 280 Å². The molecule has 1 amide bonds. The first-order valence-corrected chi connectivity index (χ1v) is 16.7. The number of hydrogen-bond donors (Lipinski definition) is 2. The van der Waals surface area contributed by atoms with Crippen molar-refractivity contribution in [3.8, 4) is 11.5 Å². The SMILES string of the molecule is CCOc1ccccc1NC(=O)C1=C(C)Nc2nc(SCc3ccccc3)nn2C1c1ccc(OCc2cc(C)c(C)cc2C)cc1. The van der Waals surface area contributed by atoms with Gasteiger partial charge in [-0.25, -0.2) is 4.68 Å². The van der Waals surface area contributed by atoms with E-state index in [-0.39, 0.29) is 5.91 Å². The Kier molecular flexibility index (Phi) is 9.63. The number of allylic oxidation sites excluding steroid dienone is 1. The molecule has 0 bridgehead atoms. The fourth-order valence-corrected chi connectivity index (χ4v) is 6.43. The Hall–Kier alpha value is -5.02. The van der Waals surface area contributed by atoms with Crippen LogP contribution >= 0.6 is 11.8 Å². The molecule has 1 aliphatic heterocycles. The molecule has 0 aliphatic carbocycles. The minimum atomic E-state index is -0.528. The molecule has 1 atom stereocenters. The Morgan fingerprint density at radius 3 is 2.38 bits per heavy atom. The van der Waals surface area contributed by atoms with E-state index in [0.29, 0.717) is 47.0 Å². The monoisotopic (exact) mass is 645 g/mol. The van der Waals surface area contributed by atoms with Crippen LogP contribution in [0.1, 0.15) is 53.3 Å². The lowest BCUT2D eigenvalue weighted by molar-refractivity contribution is -0.113. The first kappa shape index (κ1) is 31.9. The number of rotatable bonds is 11. The number of thioether (sulfide) groups is 1. The number of aromatic nitrogens is 3. The van der Waals surface area contributed by atoms with E-state index in [9.17, 15) is 4.79 Å². The van der Waals surface area contributed by atoms with Crippen LogP contribution in [0.15, 0.2) is 107 Å². The minimum Gasteiger partial charge on any atom is -0.492 e. The van der Waals surface area contributed by atoms with Gasteiger partial charge in [-0.3, -0.25) is 4.79 Å². The van der Waals surface area contributed by atoms with Gasteiger partial charge in [-0.1, -0.05) is 78.5 Å². The largest absolute Gasteiger partial charge is 0.492 e. The molecule has 5 aromatic rings. The van der Waals surface area contributed by atoms with Crippen LogP contribution in [0.2, 0.25) is 0 Å². The van der Waals surface area contributed by atoms with Crippen LogP contribution in [0.5, 0.6) is 11.5 Å². The molecule has 0 saturated heterocycles. The van der Waals surface area contributed by atoms with Crippen molar-refractivity contribution in [3.05, 3.63) is 136 Å². The topological polar surface area (TPSA) is 90.3 Å². The van der Waals surface area contributed by atoms with Crippen molar-refractivity contribution < 1.29 is 14.3 Å². The maximum Gasteiger partial charge on any atom is 0.255 e. The van der Waals surface area contributed by atoms with Crippen LogP contribution in [0.4, 0.5) is 11.6 Å². The number of para-hydroxylation sites is 2. The zero-order valence-corrected chi connectivity index (χ0v) is 28.2. The molecule has 0 saturated carbocycles. The van der Waals surface area contributed by atoms with Gasteiger partial charge in [-0.05, 0) is 92.3 Å². The Balaban J connectivity index is 1.30. The number of carbonyl (C=O) groups excluding carboxylic acids is 1. The number of fused-ring (bicyclic) bond motifs is 1. The zero-order valence-electron chi connectivity index (χ0n) is 27.3. The lowest BCUT2D eigenvalue weighted by Gasteiger charge is -2.29. The summed E-state index contributed by atoms with van der Waals surface area (Å²) in [5, 5.41) is 12.0. The van der Waals surface area contributed by atoms with Gasteiger partial charge in [-0.15, -0.1) is 5.10 Å². The molecule has 0 spiro atoms. The van der Waals surface area contributed by atoms with Gasteiger partial charge in [0.2, 0.25) is 11.1 Å². The number of benzene rings is 4. The van der Waals surface area contributed by atoms with Crippen LogP contribution in [-0.4, -0.2) is 27.3 Å². The Morgan fingerprint density at radius 1 is 0.894 bits per heavy atom. The lowest BCUT2D eigenvalue weighted by Crippen LogP contribution is -2.31. The van der Waals surface area contributed by atoms with E-state index in [1.165, 1.54) is 22.3 Å². The zero-order chi connectivity index (χ0) is 32.9. The number of ether oxygens (including phenoxy) is 2. The molecule has 2 heterocycles. The summed E-state index contributed by atoms with van der Waals surface area (Å²) in [6, 6.07) is 29.4. The van der Waals surface area contributed by atoms with E-state index in [1.807, 2.05) is 80.6 Å². The van der Waals surface area contributed by atoms with Crippen molar-refractivity contribution >= 4 is 29.3 Å². The molecule has 2 N–H and O–H groups in total. The molecule has 1 aliphatic rings. The Morgan fingerprint density at radius 2 is 1.62 bits per heavy atom. The third-order valence-corrected chi connectivity index (χ3v) is 9.17. The number of aryl methyl sites for hydroxylation is 3. The second-order valence-corrected chi connectivity index (χ2v) is 12.5. The lowest BCUT2D eigenvalue weighted by atomic mass is 9.95. The second kappa shape index (κ2) is 14.2. The smallest absolute Gasteiger partial charge is 0.255 e. The van der Waals surface area contributed by atoms with E-state index >= 15 is 0 Å². The molecule has 9 heteroatoms. The fourth-order valence-electron chi connectivity index (χ4n) is 5.64. The summed E-state index contributed by atoms with van der Waals surface area (Å²) >= 11 is 1.56. The summed E-state index contributed by atoms with van der Waals surface area (Å²) in [6.45, 7) is 11.1. The molecule has 0 radical (unpaired) electrons. The number of carbonyl (C=O) groups is 1. The molecule has 6 rings (SSSR count). The highest BCUT2D eigenvalue weighted by Crippen LogP contribution is 2.38. The summed E-state index contributed by atoms with van der Waals surface area (Å²) < 4.78 is 13.8. The van der Waals surface area contributed by atoms with Crippen LogP contribution in [-0.2, 0) is 17.2 Å². The maximum atomic E-state index is 14.1. The van der Waals surface area contributed by atoms with Gasteiger partial charge in [0.15, 0.2) is 0 Å². The number of anilines is 2. The molecule has 240 valence electrons. The van der Waals surface area contributed by atoms with Crippen LogP contribution in [0.25, 0.3) is 0 Å². The van der Waals surface area contributed by atoms with Gasteiger partial charge >= 0.3 is 0 Å². The summed E-state index contributed by atoms with van der Waals surface area (Å²) in [5.41, 5.74) is 8.80. The van der Waals surface area contributed by atoms with Crippen molar-refractivity contribution in [1.29, 1.82) is 0 Å². The average molecular weight is 646 g/mol. The highest BCUT2D eigenvalue weighted by atomic mass is 32.2. The van der Waals surface area contributed by atoms with Crippen molar-refractivity contribution in [3.63, 3.8) is 0 Å². The van der Waals surface area contributed by atoms with Crippen LogP contribution < -0.4 is 20.1 Å². The van der Waals surface area contributed by atoms with Crippen molar-refractivity contribution in [1.82, 2.24) is 14.8 Å². The van der Waals surface area contributed by atoms with E-state index in [2.05, 4.69) is 55.7 Å². The first-order chi connectivity index (χ1) is 22.8. The second-order valence-electron chi connectivity index (χ2n) is 11.6. The normalized spacial score (nSPS) is 13.9. The molecule has 0 fully saturated rings. The molecular formula is C38H39N5O3S. The predicted molar refractivity (Wildman–Crippen MR) is 188 cm³/mol. The van der Waals surface area contributed by atoms with Gasteiger partial charge in [0.05, 0.1) is 17.9 Å². The van der Waals surface area contributed by atoms with E-state index in [4.69, 9.17) is 19.6 Å². The number of hydrogen-bond acceptors (Lipinski definition) is 7. The highest BCUT2D eigenvalue weighted by Gasteiger charge is 2.34. The van der Waals surface area contributed by atoms with Gasteiger partial charge in [0.1, 0.15) is 24.1 Å². The van der Waals surface area contributed by atoms with Gasteiger partial charge in [0, 0.05) is 11.4 Å². The summed E-state index contributed by atoms with van der Waals surface area (Å²) in [4.78, 5) is 18.9. The van der Waals surface area contributed by atoms with Gasteiger partial charge < -0.3 is 20.1 Å². The molecule has 4 aromatic carbocycles. The average Bonchev–Trinajstić information content (AvgIpc) is 3.48. The van der Waals surface area contributed by atoms with Crippen molar-refractivity contribution in [2.24, 2.45) is 0 Å². The molecule has 1 aromatic heterocycles. The van der Waals surface area contributed by atoms with Crippen molar-refractivity contribution in [2.45, 2.75) is 58.2 Å². The van der Waals surface area contributed by atoms with Crippen LogP contribution in [0.3, 0.4) is 0 Å². The minimum absolute atomic E-state index is 0.252. The fraction of sp³-hybridized carbons (Fsp3) is 0.237. The first-order valence-electron chi connectivity index (χ1n) is 15.7. The van der Waals surface area contributed by atoms with E-state index in [1.54, 1.807) is 16.4 Å². The van der Waals surface area contributed by atoms with Crippen molar-refractivity contribution in [2.75, 3.05) is 17.2 Å². The molecule has 1 unspecified atom stereocenters. The van der Waals surface area contributed by atoms with E-state index in [0.717, 1.165) is 22.6 Å². The van der Waals surface area contributed by atoms with E-state index < -0.39 is 6.04 Å². The quantitative estimate of drug-likeness (QED) is 0.139. The molecule has 47 heavy (non-hydrogen) atoms. The maximum absolute atomic E-state index is 14.1. The number of amides is 1. The predicted octanol–water partition coefficient (Wildman–Crippen LogP) is 8.40. The number of nitrogens with one attached hydrogen (secondary N) is 2. The van der Waals surface area contributed by atoms with Gasteiger partial charge in [-0.2, -0.15) is 4.98 Å². The van der Waals surface area contributed by atoms with Crippen LogP contribution in [0, 0.1) is 20.8 Å². The molecular weight excluding hydrogens is 607 g/mol. The highest BCUT2D eigenvalue weighted by molar-refractivity contribution is 7.98. The summed E-state index contributed by atoms with van der Waals surface area (Å²) in [6.07, 6.45) is 0.